The third-order valence-electron chi connectivity index (χ3n) is 1.22. The largest absolute Gasteiger partial charge is 0.375 e. The van der Waals surface area contributed by atoms with Gasteiger partial charge in [-0.3, -0.25) is 4.79 Å². The Balaban J connectivity index is 2.51. The maximum absolute atomic E-state index is 10.2. The molecule has 1 rings (SSSR count). The molecule has 0 radical (unpaired) electrons. The highest BCUT2D eigenvalue weighted by Gasteiger charge is 1.97. The summed E-state index contributed by atoms with van der Waals surface area (Å²) in [6, 6.07) is 0. The number of ether oxygens (including phenoxy) is 1. The van der Waals surface area contributed by atoms with Gasteiger partial charge in [-0.25, -0.2) is 4.98 Å². The van der Waals surface area contributed by atoms with E-state index < -0.39 is 0 Å². The lowest BCUT2D eigenvalue weighted by atomic mass is 10.5. The first-order chi connectivity index (χ1) is 5.36. The summed E-state index contributed by atoms with van der Waals surface area (Å²) in [6.45, 7) is 3.06. The molecule has 0 bridgehead atoms. The normalized spacial score (nSPS) is 9.91. The van der Waals surface area contributed by atoms with Gasteiger partial charge >= 0.3 is 0 Å². The molecule has 1 N–H and O–H groups in total. The van der Waals surface area contributed by atoms with Crippen molar-refractivity contribution in [2.75, 3.05) is 6.61 Å². The molecule has 4 nitrogen and oxygen atoms in total. The van der Waals surface area contributed by atoms with Crippen molar-refractivity contribution in [3.63, 3.8) is 0 Å². The van der Waals surface area contributed by atoms with Crippen molar-refractivity contribution < 1.29 is 9.53 Å². The average Bonchev–Trinajstić information content (AvgIpc) is 2.48. The second-order valence-corrected chi connectivity index (χ2v) is 2.05. The van der Waals surface area contributed by atoms with Gasteiger partial charge in [-0.1, -0.05) is 0 Å². The second-order valence-electron chi connectivity index (χ2n) is 2.05. The van der Waals surface area contributed by atoms with Crippen LogP contribution >= 0.6 is 0 Å². The van der Waals surface area contributed by atoms with Crippen molar-refractivity contribution in [3.8, 4) is 0 Å². The average molecular weight is 154 g/mol. The van der Waals surface area contributed by atoms with Gasteiger partial charge in [0, 0.05) is 6.61 Å². The van der Waals surface area contributed by atoms with Crippen LogP contribution in [0.3, 0.4) is 0 Å². The number of hydrogen-bond donors (Lipinski definition) is 1. The second kappa shape index (κ2) is 3.88. The number of carbonyl (C=O) groups excluding carboxylic acids is 1. The van der Waals surface area contributed by atoms with E-state index in [1.54, 1.807) is 6.20 Å². The molecule has 0 saturated heterocycles. The lowest BCUT2D eigenvalue weighted by Gasteiger charge is -1.94. The number of nitrogens with zero attached hydrogens (tertiary/aromatic N) is 1. The number of aromatic nitrogens is 2. The fourth-order valence-corrected chi connectivity index (χ4v) is 0.722. The van der Waals surface area contributed by atoms with Gasteiger partial charge in [-0.2, -0.15) is 0 Å². The van der Waals surface area contributed by atoms with Crippen LogP contribution in [0.1, 0.15) is 23.2 Å². The van der Waals surface area contributed by atoms with E-state index in [-0.39, 0.29) is 0 Å². The van der Waals surface area contributed by atoms with Crippen LogP contribution in [-0.4, -0.2) is 22.9 Å². The molecule has 0 aliphatic carbocycles. The van der Waals surface area contributed by atoms with Gasteiger partial charge in [0.25, 0.3) is 0 Å². The molecule has 0 aliphatic heterocycles. The third-order valence-corrected chi connectivity index (χ3v) is 1.22. The van der Waals surface area contributed by atoms with E-state index >= 15 is 0 Å². The van der Waals surface area contributed by atoms with E-state index in [9.17, 15) is 4.79 Å². The van der Waals surface area contributed by atoms with E-state index in [0.717, 1.165) is 5.69 Å². The monoisotopic (exact) mass is 154 g/mol. The van der Waals surface area contributed by atoms with Crippen molar-refractivity contribution in [2.24, 2.45) is 0 Å². The number of nitrogens with one attached hydrogen (secondary N) is 1. The summed E-state index contributed by atoms with van der Waals surface area (Å²) >= 11 is 0. The van der Waals surface area contributed by atoms with Crippen molar-refractivity contribution in [3.05, 3.63) is 17.7 Å². The summed E-state index contributed by atoms with van der Waals surface area (Å²) < 4.78 is 5.09. The summed E-state index contributed by atoms with van der Waals surface area (Å²) in [7, 11) is 0. The molecule has 1 aromatic heterocycles. The summed E-state index contributed by atoms with van der Waals surface area (Å²) in [5.74, 6) is 0.347. The zero-order valence-electron chi connectivity index (χ0n) is 6.33. The molecule has 0 fully saturated rings. The van der Waals surface area contributed by atoms with Crippen molar-refractivity contribution in [2.45, 2.75) is 13.5 Å². The number of aldehydes is 1. The molecule has 0 saturated carbocycles. The van der Waals surface area contributed by atoms with E-state index in [1.807, 2.05) is 6.92 Å². The Morgan fingerprint density at radius 2 is 2.64 bits per heavy atom. The van der Waals surface area contributed by atoms with Crippen LogP contribution in [0.15, 0.2) is 6.20 Å². The first-order valence-electron chi connectivity index (χ1n) is 3.43. The number of H-pyrrole nitrogens is 1. The van der Waals surface area contributed by atoms with Gasteiger partial charge in [0.15, 0.2) is 12.1 Å². The van der Waals surface area contributed by atoms with Gasteiger partial charge in [0.05, 0.1) is 18.5 Å². The zero-order valence-corrected chi connectivity index (χ0v) is 6.33. The topological polar surface area (TPSA) is 55.0 Å². The Morgan fingerprint density at radius 1 is 1.82 bits per heavy atom. The summed E-state index contributed by atoms with van der Waals surface area (Å²) in [5, 5.41) is 0. The van der Waals surface area contributed by atoms with Gasteiger partial charge < -0.3 is 9.72 Å². The molecule has 0 unspecified atom stereocenters. The Morgan fingerprint density at radius 3 is 3.18 bits per heavy atom. The highest BCUT2D eigenvalue weighted by Crippen LogP contribution is 1.96. The van der Waals surface area contributed by atoms with Crippen LogP contribution < -0.4 is 0 Å². The molecule has 0 aromatic carbocycles. The predicted octanol–water partition coefficient (Wildman–Crippen LogP) is 0.759. The SMILES string of the molecule is CCOCc1cnc(C=O)[nH]1. The minimum Gasteiger partial charge on any atom is -0.375 e. The molecular weight excluding hydrogens is 144 g/mol. The Labute approximate surface area is 64.6 Å². The lowest BCUT2D eigenvalue weighted by Crippen LogP contribution is -1.92. The van der Waals surface area contributed by atoms with Gasteiger partial charge in [0.2, 0.25) is 0 Å². The van der Waals surface area contributed by atoms with Gasteiger partial charge in [0.1, 0.15) is 0 Å². The van der Waals surface area contributed by atoms with E-state index in [0.29, 0.717) is 25.3 Å². The predicted molar refractivity (Wildman–Crippen MR) is 39.3 cm³/mol. The van der Waals surface area contributed by atoms with Crippen LogP contribution in [-0.2, 0) is 11.3 Å². The molecule has 0 aliphatic rings. The quantitative estimate of drug-likeness (QED) is 0.651. The Bertz CT molecular complexity index is 232. The van der Waals surface area contributed by atoms with Crippen LogP contribution in [0.25, 0.3) is 0 Å². The number of rotatable bonds is 4. The first kappa shape index (κ1) is 7.94. The molecule has 0 spiro atoms. The molecular formula is C7H10N2O2. The smallest absolute Gasteiger partial charge is 0.185 e. The van der Waals surface area contributed by atoms with E-state index in [1.165, 1.54) is 0 Å². The Kier molecular flexibility index (Phi) is 2.80. The number of aromatic amines is 1. The number of imidazole rings is 1. The van der Waals surface area contributed by atoms with Gasteiger partial charge in [-0.15, -0.1) is 0 Å². The maximum Gasteiger partial charge on any atom is 0.185 e. The number of hydrogen-bond acceptors (Lipinski definition) is 3. The van der Waals surface area contributed by atoms with Gasteiger partial charge in [-0.05, 0) is 6.92 Å². The van der Waals surface area contributed by atoms with Crippen LogP contribution in [0.5, 0.6) is 0 Å². The highest BCUT2D eigenvalue weighted by molar-refractivity contribution is 5.68. The third kappa shape index (κ3) is 2.16. The van der Waals surface area contributed by atoms with E-state index in [4.69, 9.17) is 4.74 Å². The molecule has 11 heavy (non-hydrogen) atoms. The van der Waals surface area contributed by atoms with Crippen LogP contribution in [0.2, 0.25) is 0 Å². The minimum absolute atomic E-state index is 0.347. The van der Waals surface area contributed by atoms with Crippen LogP contribution in [0, 0.1) is 0 Å². The molecule has 0 atom stereocenters. The lowest BCUT2D eigenvalue weighted by molar-refractivity contribution is 0.111. The highest BCUT2D eigenvalue weighted by atomic mass is 16.5. The molecule has 1 aromatic rings. The number of carbonyl (C=O) groups is 1. The first-order valence-corrected chi connectivity index (χ1v) is 3.43. The Hall–Kier alpha value is -1.16. The summed E-state index contributed by atoms with van der Waals surface area (Å²) in [6.07, 6.45) is 2.27. The molecule has 4 heteroatoms. The summed E-state index contributed by atoms with van der Waals surface area (Å²) in [4.78, 5) is 16.7. The fraction of sp³-hybridized carbons (Fsp3) is 0.429. The van der Waals surface area contributed by atoms with Crippen LogP contribution in [0.4, 0.5) is 0 Å². The summed E-state index contributed by atoms with van der Waals surface area (Å²) in [5.41, 5.74) is 0.828. The molecule has 60 valence electrons. The minimum atomic E-state index is 0.347. The maximum atomic E-state index is 10.2. The standard InChI is InChI=1S/C7H10N2O2/c1-2-11-5-6-3-8-7(4-10)9-6/h3-4H,2,5H2,1H3,(H,8,9). The van der Waals surface area contributed by atoms with Crippen molar-refractivity contribution in [1.82, 2.24) is 9.97 Å². The molecule has 1 heterocycles. The molecule has 0 amide bonds. The van der Waals surface area contributed by atoms with E-state index in [2.05, 4.69) is 9.97 Å². The fourth-order valence-electron chi connectivity index (χ4n) is 0.722. The van der Waals surface area contributed by atoms with Crippen molar-refractivity contribution >= 4 is 6.29 Å². The zero-order chi connectivity index (χ0) is 8.10. The van der Waals surface area contributed by atoms with Crippen molar-refractivity contribution in [1.29, 1.82) is 0 Å².